The molecule has 3 aromatic rings. The number of carbonyl (C=O) groups is 1. The molecule has 3 heterocycles. The number of nitrogens with one attached hydrogen (secondary N) is 3. The molecule has 3 N–H and O–H groups in total. The van der Waals surface area contributed by atoms with E-state index in [1.54, 1.807) is 13.2 Å². The third-order valence-corrected chi connectivity index (χ3v) is 5.41. The van der Waals surface area contributed by atoms with E-state index in [0.29, 0.717) is 24.7 Å². The first-order valence-electron chi connectivity index (χ1n) is 10.5. The molecule has 5 rings (SSSR count). The summed E-state index contributed by atoms with van der Waals surface area (Å²) < 4.78 is 13.3. The smallest absolute Gasteiger partial charge is 0.257 e. The van der Waals surface area contributed by atoms with Crippen LogP contribution in [0.4, 0.5) is 11.4 Å². The molecule has 1 unspecified atom stereocenters. The normalized spacial score (nSPS) is 16.5. The number of hydrogen-bond acceptors (Lipinski definition) is 7. The Balaban J connectivity index is 1.36. The van der Waals surface area contributed by atoms with Crippen molar-refractivity contribution in [1.82, 2.24) is 14.9 Å². The van der Waals surface area contributed by atoms with Crippen LogP contribution in [0.5, 0.6) is 11.5 Å². The van der Waals surface area contributed by atoms with E-state index >= 15 is 0 Å². The number of amides is 1. The van der Waals surface area contributed by atoms with E-state index in [1.165, 1.54) is 0 Å². The maximum Gasteiger partial charge on any atom is 0.257 e. The fourth-order valence-electron chi connectivity index (χ4n) is 3.74. The average molecular weight is 432 g/mol. The number of ether oxygens (including phenoxy) is 2. The first kappa shape index (κ1) is 19.9. The van der Waals surface area contributed by atoms with Crippen molar-refractivity contribution < 1.29 is 14.3 Å². The number of fused-ring (bicyclic) bond motifs is 2. The minimum absolute atomic E-state index is 0.0181. The van der Waals surface area contributed by atoms with Crippen LogP contribution in [0.15, 0.2) is 59.9 Å². The molecule has 0 aliphatic carbocycles. The predicted molar refractivity (Wildman–Crippen MR) is 122 cm³/mol. The summed E-state index contributed by atoms with van der Waals surface area (Å²) in [4.78, 5) is 20.8. The van der Waals surface area contributed by atoms with Crippen LogP contribution >= 0.6 is 0 Å². The zero-order chi connectivity index (χ0) is 21.9. The number of anilines is 2. The second kappa shape index (κ2) is 8.62. The van der Waals surface area contributed by atoms with E-state index in [-0.39, 0.29) is 18.6 Å². The van der Waals surface area contributed by atoms with Gasteiger partial charge in [0.15, 0.2) is 18.3 Å². The van der Waals surface area contributed by atoms with E-state index in [2.05, 4.69) is 37.6 Å². The minimum atomic E-state index is -0.175. The summed E-state index contributed by atoms with van der Waals surface area (Å²) in [5.74, 6) is 2.81. The molecule has 9 nitrogen and oxygen atoms in total. The van der Waals surface area contributed by atoms with Gasteiger partial charge in [0.25, 0.3) is 5.91 Å². The van der Waals surface area contributed by atoms with Crippen molar-refractivity contribution in [3.05, 3.63) is 66.2 Å². The van der Waals surface area contributed by atoms with Crippen LogP contribution in [0.2, 0.25) is 0 Å². The van der Waals surface area contributed by atoms with Crippen LogP contribution in [-0.2, 0) is 11.3 Å². The van der Waals surface area contributed by atoms with Crippen molar-refractivity contribution in [2.24, 2.45) is 4.99 Å². The average Bonchev–Trinajstić information content (AvgIpc) is 3.32. The highest BCUT2D eigenvalue weighted by molar-refractivity contribution is 6.06. The van der Waals surface area contributed by atoms with Crippen molar-refractivity contribution in [2.45, 2.75) is 12.6 Å². The lowest BCUT2D eigenvalue weighted by atomic mass is 10.0. The van der Waals surface area contributed by atoms with Gasteiger partial charge in [0, 0.05) is 31.7 Å². The van der Waals surface area contributed by atoms with Crippen molar-refractivity contribution >= 4 is 23.1 Å². The van der Waals surface area contributed by atoms with Crippen molar-refractivity contribution in [3.8, 4) is 11.5 Å². The molecule has 0 saturated heterocycles. The van der Waals surface area contributed by atoms with Gasteiger partial charge in [-0.15, -0.1) is 0 Å². The highest BCUT2D eigenvalue weighted by Crippen LogP contribution is 2.33. The topological polar surface area (TPSA) is 102 Å². The molecular weight excluding hydrogens is 408 g/mol. The van der Waals surface area contributed by atoms with Crippen molar-refractivity contribution in [3.63, 3.8) is 0 Å². The van der Waals surface area contributed by atoms with Gasteiger partial charge in [0.1, 0.15) is 18.1 Å². The molecule has 2 aromatic carbocycles. The van der Waals surface area contributed by atoms with Gasteiger partial charge >= 0.3 is 0 Å². The number of amidine groups is 1. The second-order valence-corrected chi connectivity index (χ2v) is 7.54. The summed E-state index contributed by atoms with van der Waals surface area (Å²) in [5, 5.41) is 9.30. The lowest BCUT2D eigenvalue weighted by Gasteiger charge is -2.25. The number of aromatic nitrogens is 2. The molecule has 0 spiro atoms. The summed E-state index contributed by atoms with van der Waals surface area (Å²) in [6.45, 7) is 2.17. The number of hydrogen-bond donors (Lipinski definition) is 3. The third kappa shape index (κ3) is 4.09. The molecular formula is C23H24N6O3. The van der Waals surface area contributed by atoms with Gasteiger partial charge < -0.3 is 30.0 Å². The van der Waals surface area contributed by atoms with Crippen LogP contribution in [0.25, 0.3) is 0 Å². The largest absolute Gasteiger partial charge is 0.490 e. The number of benzene rings is 2. The quantitative estimate of drug-likeness (QED) is 0.572. The molecule has 2 aliphatic heterocycles. The van der Waals surface area contributed by atoms with Gasteiger partial charge in [-0.3, -0.25) is 9.79 Å². The Labute approximate surface area is 185 Å². The van der Waals surface area contributed by atoms with E-state index in [4.69, 9.17) is 14.5 Å². The summed E-state index contributed by atoms with van der Waals surface area (Å²) in [6.07, 6.45) is 3.75. The fraction of sp³-hybridized carbons (Fsp3) is 0.261. The van der Waals surface area contributed by atoms with Gasteiger partial charge in [-0.25, -0.2) is 4.98 Å². The zero-order valence-electron chi connectivity index (χ0n) is 17.7. The Kier molecular flexibility index (Phi) is 5.37. The van der Waals surface area contributed by atoms with Gasteiger partial charge in [-0.1, -0.05) is 6.07 Å². The minimum Gasteiger partial charge on any atom is -0.490 e. The van der Waals surface area contributed by atoms with E-state index < -0.39 is 0 Å². The fourth-order valence-corrected chi connectivity index (χ4v) is 3.74. The lowest BCUT2D eigenvalue weighted by molar-refractivity contribution is -0.122. The van der Waals surface area contributed by atoms with Crippen LogP contribution in [0, 0.1) is 0 Å². The monoisotopic (exact) mass is 432 g/mol. The Hall–Kier alpha value is -4.01. The SMILES string of the molecule is CNC(=O)COc1ccc(NC2=NC(c3ccc4c(c3)NCCO4)Cn3ccnc32)cc1. The van der Waals surface area contributed by atoms with E-state index in [1.807, 2.05) is 36.5 Å². The van der Waals surface area contributed by atoms with Crippen LogP contribution < -0.4 is 25.4 Å². The standard InChI is InChI=1S/C23H24N6O3/c1-24-21(30)14-32-17-5-3-16(4-6-17)27-22-23-26-8-10-29(23)13-19(28-22)15-2-7-20-18(12-15)25-9-11-31-20/h2-8,10,12,19,25H,9,11,13-14H2,1H3,(H,24,30)(H,27,28). The first-order valence-corrected chi connectivity index (χ1v) is 10.5. The highest BCUT2D eigenvalue weighted by Gasteiger charge is 2.24. The molecule has 0 radical (unpaired) electrons. The van der Waals surface area contributed by atoms with Crippen LogP contribution in [-0.4, -0.2) is 48.1 Å². The van der Waals surface area contributed by atoms with Crippen molar-refractivity contribution in [1.29, 1.82) is 0 Å². The molecule has 164 valence electrons. The number of imidazole rings is 1. The summed E-state index contributed by atoms with van der Waals surface area (Å²) in [7, 11) is 1.58. The number of carbonyl (C=O) groups excluding carboxylic acids is 1. The van der Waals surface area contributed by atoms with Gasteiger partial charge in [-0.2, -0.15) is 0 Å². The van der Waals surface area contributed by atoms with Gasteiger partial charge in [0.2, 0.25) is 0 Å². The number of aliphatic imine (C=N–C) groups is 1. The van der Waals surface area contributed by atoms with Crippen LogP contribution in [0.1, 0.15) is 17.4 Å². The molecule has 0 bridgehead atoms. The van der Waals surface area contributed by atoms with Crippen LogP contribution in [0.3, 0.4) is 0 Å². The molecule has 1 aromatic heterocycles. The van der Waals surface area contributed by atoms with E-state index in [0.717, 1.165) is 35.1 Å². The maximum atomic E-state index is 11.3. The summed E-state index contributed by atoms with van der Waals surface area (Å²) in [5.41, 5.74) is 2.97. The predicted octanol–water partition coefficient (Wildman–Crippen LogP) is 2.43. The van der Waals surface area contributed by atoms with Crippen molar-refractivity contribution in [2.75, 3.05) is 37.4 Å². The Morgan fingerprint density at radius 3 is 3.00 bits per heavy atom. The Morgan fingerprint density at radius 2 is 2.16 bits per heavy atom. The van der Waals surface area contributed by atoms with Gasteiger partial charge in [-0.05, 0) is 42.0 Å². The molecule has 1 atom stereocenters. The van der Waals surface area contributed by atoms with Gasteiger partial charge in [0.05, 0.1) is 18.3 Å². The zero-order valence-corrected chi connectivity index (χ0v) is 17.7. The Morgan fingerprint density at radius 1 is 1.28 bits per heavy atom. The maximum absolute atomic E-state index is 11.3. The first-order chi connectivity index (χ1) is 15.7. The lowest BCUT2D eigenvalue weighted by Crippen LogP contribution is -2.27. The molecule has 32 heavy (non-hydrogen) atoms. The number of rotatable bonds is 5. The van der Waals surface area contributed by atoms with E-state index in [9.17, 15) is 4.79 Å². The molecule has 0 fully saturated rings. The summed E-state index contributed by atoms with van der Waals surface area (Å²) >= 11 is 0. The highest BCUT2D eigenvalue weighted by atomic mass is 16.5. The molecule has 9 heteroatoms. The number of nitrogens with zero attached hydrogens (tertiary/aromatic N) is 3. The molecule has 0 saturated carbocycles. The third-order valence-electron chi connectivity index (χ3n) is 5.41. The molecule has 2 aliphatic rings. The Bertz CT molecular complexity index is 1150. The summed E-state index contributed by atoms with van der Waals surface area (Å²) in [6, 6.07) is 13.5. The number of likely N-dealkylation sites (N-methyl/N-ethyl adjacent to an activating group) is 1. The second-order valence-electron chi connectivity index (χ2n) is 7.54. The molecule has 1 amide bonds.